The van der Waals surface area contributed by atoms with Crippen LogP contribution in [-0.4, -0.2) is 31.2 Å². The quantitative estimate of drug-likeness (QED) is 0.663. The first kappa shape index (κ1) is 18.5. The van der Waals surface area contributed by atoms with Crippen LogP contribution in [0, 0.1) is 5.92 Å². The lowest BCUT2D eigenvalue weighted by molar-refractivity contribution is 0.499. The molecule has 0 fully saturated rings. The summed E-state index contributed by atoms with van der Waals surface area (Å²) in [5.41, 5.74) is 4.99. The molecule has 1 N–H and O–H groups in total. The van der Waals surface area contributed by atoms with E-state index < -0.39 is 0 Å². The summed E-state index contributed by atoms with van der Waals surface area (Å²) >= 11 is 0. The molecule has 0 saturated carbocycles. The van der Waals surface area contributed by atoms with Crippen molar-refractivity contribution >= 4 is 17.1 Å². The van der Waals surface area contributed by atoms with Crippen LogP contribution >= 0.6 is 0 Å². The molecular formula is C24H28N4. The number of pyridine rings is 1. The number of benzene rings is 2. The van der Waals surface area contributed by atoms with E-state index in [9.17, 15) is 0 Å². The SMILES string of the molecule is CC(CNCc1ccccn1)CN1CCN(c2ccccc2)c2ccccc21. The Hall–Kier alpha value is -2.85. The Morgan fingerprint density at radius 1 is 0.893 bits per heavy atom. The number of hydrogen-bond acceptors (Lipinski definition) is 4. The summed E-state index contributed by atoms with van der Waals surface area (Å²) in [5, 5.41) is 3.55. The number of nitrogens with one attached hydrogen (secondary N) is 1. The van der Waals surface area contributed by atoms with E-state index >= 15 is 0 Å². The van der Waals surface area contributed by atoms with Gasteiger partial charge >= 0.3 is 0 Å². The highest BCUT2D eigenvalue weighted by atomic mass is 15.3. The van der Waals surface area contributed by atoms with Gasteiger partial charge in [-0.05, 0) is 48.9 Å². The first-order valence-corrected chi connectivity index (χ1v) is 10.1. The highest BCUT2D eigenvalue weighted by molar-refractivity contribution is 5.79. The average molecular weight is 373 g/mol. The number of aromatic nitrogens is 1. The summed E-state index contributed by atoms with van der Waals surface area (Å²) in [6.45, 7) is 7.22. The van der Waals surface area contributed by atoms with Gasteiger partial charge in [0.05, 0.1) is 17.1 Å². The monoisotopic (exact) mass is 372 g/mol. The minimum absolute atomic E-state index is 0.556. The molecule has 144 valence electrons. The lowest BCUT2D eigenvalue weighted by atomic mass is 10.1. The van der Waals surface area contributed by atoms with E-state index in [0.717, 1.165) is 38.4 Å². The molecule has 1 aliphatic rings. The molecule has 4 nitrogen and oxygen atoms in total. The highest BCUT2D eigenvalue weighted by Crippen LogP contribution is 2.37. The Bertz CT molecular complexity index is 866. The first-order chi connectivity index (χ1) is 13.8. The van der Waals surface area contributed by atoms with E-state index in [0.29, 0.717) is 5.92 Å². The Labute approximate surface area is 167 Å². The van der Waals surface area contributed by atoms with Crippen molar-refractivity contribution in [2.45, 2.75) is 13.5 Å². The summed E-state index contributed by atoms with van der Waals surface area (Å²) < 4.78 is 0. The summed E-state index contributed by atoms with van der Waals surface area (Å²) in [4.78, 5) is 9.34. The van der Waals surface area contributed by atoms with Crippen molar-refractivity contribution in [3.63, 3.8) is 0 Å². The van der Waals surface area contributed by atoms with Crippen LogP contribution < -0.4 is 15.1 Å². The van der Waals surface area contributed by atoms with Gasteiger partial charge in [0.15, 0.2) is 0 Å². The summed E-state index contributed by atoms with van der Waals surface area (Å²) in [6, 6.07) is 25.5. The topological polar surface area (TPSA) is 31.4 Å². The molecule has 28 heavy (non-hydrogen) atoms. The molecule has 4 rings (SSSR count). The number of para-hydroxylation sites is 3. The Morgan fingerprint density at radius 2 is 1.64 bits per heavy atom. The van der Waals surface area contributed by atoms with Crippen LogP contribution in [0.25, 0.3) is 0 Å². The fraction of sp³-hybridized carbons (Fsp3) is 0.292. The van der Waals surface area contributed by atoms with Gasteiger partial charge < -0.3 is 15.1 Å². The van der Waals surface area contributed by atoms with Crippen molar-refractivity contribution in [1.82, 2.24) is 10.3 Å². The molecular weight excluding hydrogens is 344 g/mol. The average Bonchev–Trinajstić information content (AvgIpc) is 2.75. The molecule has 2 heterocycles. The summed E-state index contributed by atoms with van der Waals surface area (Å²) in [6.07, 6.45) is 1.85. The van der Waals surface area contributed by atoms with Crippen molar-refractivity contribution < 1.29 is 0 Å². The molecule has 1 aromatic heterocycles. The predicted molar refractivity (Wildman–Crippen MR) is 117 cm³/mol. The van der Waals surface area contributed by atoms with Gasteiger partial charge in [-0.15, -0.1) is 0 Å². The second-order valence-electron chi connectivity index (χ2n) is 7.48. The molecule has 0 amide bonds. The summed E-state index contributed by atoms with van der Waals surface area (Å²) in [5.74, 6) is 0.556. The van der Waals surface area contributed by atoms with Crippen LogP contribution in [0.5, 0.6) is 0 Å². The van der Waals surface area contributed by atoms with Crippen LogP contribution in [0.15, 0.2) is 79.0 Å². The molecule has 0 aliphatic carbocycles. The lowest BCUT2D eigenvalue weighted by Crippen LogP contribution is -2.42. The van der Waals surface area contributed by atoms with E-state index in [1.165, 1.54) is 17.1 Å². The van der Waals surface area contributed by atoms with Crippen LogP contribution in [0.2, 0.25) is 0 Å². The zero-order valence-electron chi connectivity index (χ0n) is 16.5. The lowest BCUT2D eigenvalue weighted by Gasteiger charge is -2.40. The Balaban J connectivity index is 1.39. The van der Waals surface area contributed by atoms with Gasteiger partial charge in [0.2, 0.25) is 0 Å². The maximum absolute atomic E-state index is 4.38. The molecule has 0 spiro atoms. The van der Waals surface area contributed by atoms with E-state index in [1.807, 2.05) is 18.3 Å². The molecule has 1 atom stereocenters. The van der Waals surface area contributed by atoms with Gasteiger partial charge in [0.1, 0.15) is 0 Å². The number of anilines is 3. The zero-order valence-corrected chi connectivity index (χ0v) is 16.5. The zero-order chi connectivity index (χ0) is 19.2. The van der Waals surface area contributed by atoms with Gasteiger partial charge in [-0.3, -0.25) is 4.98 Å². The van der Waals surface area contributed by atoms with Crippen LogP contribution in [0.4, 0.5) is 17.1 Å². The van der Waals surface area contributed by atoms with Crippen LogP contribution in [0.3, 0.4) is 0 Å². The normalized spacial score (nSPS) is 14.6. The third kappa shape index (κ3) is 4.34. The maximum atomic E-state index is 4.38. The first-order valence-electron chi connectivity index (χ1n) is 10.1. The minimum Gasteiger partial charge on any atom is -0.368 e. The Morgan fingerprint density at radius 3 is 2.43 bits per heavy atom. The molecule has 0 radical (unpaired) electrons. The van der Waals surface area contributed by atoms with Gasteiger partial charge in [0, 0.05) is 38.1 Å². The fourth-order valence-corrected chi connectivity index (χ4v) is 3.88. The molecule has 0 saturated heterocycles. The smallest absolute Gasteiger partial charge is 0.0649 e. The van der Waals surface area contributed by atoms with E-state index in [-0.39, 0.29) is 0 Å². The Kier molecular flexibility index (Phi) is 5.88. The van der Waals surface area contributed by atoms with E-state index in [4.69, 9.17) is 0 Å². The third-order valence-corrected chi connectivity index (χ3v) is 5.23. The third-order valence-electron chi connectivity index (χ3n) is 5.23. The number of fused-ring (bicyclic) bond motifs is 1. The molecule has 1 aliphatic heterocycles. The van der Waals surface area contributed by atoms with Gasteiger partial charge in [-0.1, -0.05) is 43.3 Å². The predicted octanol–water partition coefficient (Wildman–Crippen LogP) is 4.47. The standard InChI is InChI=1S/C24H28N4/c1-20(17-25-18-21-9-7-8-14-26-21)19-27-15-16-28(22-10-3-2-4-11-22)24-13-6-5-12-23(24)27/h2-14,20,25H,15-19H2,1H3. The number of rotatable bonds is 7. The van der Waals surface area contributed by atoms with Crippen molar-refractivity contribution in [3.05, 3.63) is 84.7 Å². The molecule has 1 unspecified atom stereocenters. The van der Waals surface area contributed by atoms with Crippen molar-refractivity contribution in [1.29, 1.82) is 0 Å². The van der Waals surface area contributed by atoms with Gasteiger partial charge in [0.25, 0.3) is 0 Å². The van der Waals surface area contributed by atoms with Crippen LogP contribution in [-0.2, 0) is 6.54 Å². The fourth-order valence-electron chi connectivity index (χ4n) is 3.88. The molecule has 0 bridgehead atoms. The molecule has 4 heteroatoms. The maximum Gasteiger partial charge on any atom is 0.0649 e. The van der Waals surface area contributed by atoms with E-state index in [2.05, 4.69) is 87.7 Å². The summed E-state index contributed by atoms with van der Waals surface area (Å²) in [7, 11) is 0. The molecule has 3 aromatic rings. The highest BCUT2D eigenvalue weighted by Gasteiger charge is 2.24. The largest absolute Gasteiger partial charge is 0.368 e. The second-order valence-corrected chi connectivity index (χ2v) is 7.48. The number of hydrogen-bond donors (Lipinski definition) is 1. The van der Waals surface area contributed by atoms with Crippen molar-refractivity contribution in [3.8, 4) is 0 Å². The second kappa shape index (κ2) is 8.89. The number of nitrogens with zero attached hydrogens (tertiary/aromatic N) is 3. The van der Waals surface area contributed by atoms with Crippen molar-refractivity contribution in [2.24, 2.45) is 5.92 Å². The van der Waals surface area contributed by atoms with Crippen molar-refractivity contribution in [2.75, 3.05) is 36.0 Å². The van der Waals surface area contributed by atoms with E-state index in [1.54, 1.807) is 0 Å². The van der Waals surface area contributed by atoms with Gasteiger partial charge in [-0.2, -0.15) is 0 Å². The molecule has 2 aromatic carbocycles. The van der Waals surface area contributed by atoms with Crippen LogP contribution in [0.1, 0.15) is 12.6 Å². The van der Waals surface area contributed by atoms with Gasteiger partial charge in [-0.25, -0.2) is 0 Å². The minimum atomic E-state index is 0.556.